The lowest BCUT2D eigenvalue weighted by Gasteiger charge is -2.27. The zero-order valence-electron chi connectivity index (χ0n) is 13.9. The summed E-state index contributed by atoms with van der Waals surface area (Å²) in [5, 5.41) is 3.92. The van der Waals surface area contributed by atoms with Gasteiger partial charge >= 0.3 is 0 Å². The summed E-state index contributed by atoms with van der Waals surface area (Å²) in [5.41, 5.74) is 3.80. The van der Waals surface area contributed by atoms with Crippen molar-refractivity contribution in [1.82, 2.24) is 0 Å². The summed E-state index contributed by atoms with van der Waals surface area (Å²) in [6, 6.07) is 23.1. The van der Waals surface area contributed by atoms with Crippen molar-refractivity contribution in [3.05, 3.63) is 60.7 Å². The van der Waals surface area contributed by atoms with Crippen molar-refractivity contribution in [2.75, 3.05) is 5.33 Å². The molecule has 2 rings (SSSR count). The van der Waals surface area contributed by atoms with Crippen molar-refractivity contribution >= 4 is 34.4 Å². The zero-order chi connectivity index (χ0) is 16.4. The van der Waals surface area contributed by atoms with Crippen LogP contribution >= 0.6 is 15.9 Å². The highest BCUT2D eigenvalue weighted by molar-refractivity contribution is 9.09. The van der Waals surface area contributed by atoms with Gasteiger partial charge < -0.3 is 0 Å². The molecule has 0 N–H and O–H groups in total. The molecule has 120 valence electrons. The standard InChI is InChI=1S/C21H25BrSi/c1-2-3-4-11-18-23(19-12-17-22,20-13-7-5-8-14-20)21-15-9-6-10-16-21/h5-10,13-16H,2-4,12,17,19H2,1H3. The minimum absolute atomic E-state index is 1.01. The molecule has 0 nitrogen and oxygen atoms in total. The van der Waals surface area contributed by atoms with Gasteiger partial charge in [-0.1, -0.05) is 89.9 Å². The fourth-order valence-corrected chi connectivity index (χ4v) is 7.70. The molecule has 0 heterocycles. The maximum absolute atomic E-state index is 3.80. The van der Waals surface area contributed by atoms with E-state index in [4.69, 9.17) is 0 Å². The van der Waals surface area contributed by atoms with E-state index in [9.17, 15) is 0 Å². The Morgan fingerprint density at radius 1 is 0.870 bits per heavy atom. The lowest BCUT2D eigenvalue weighted by molar-refractivity contribution is 0.828. The van der Waals surface area contributed by atoms with Gasteiger partial charge in [-0.2, -0.15) is 0 Å². The Kier molecular flexibility index (Phi) is 7.65. The normalized spacial score (nSPS) is 10.9. The maximum atomic E-state index is 3.80. The number of hydrogen-bond acceptors (Lipinski definition) is 0. The number of benzene rings is 2. The molecular weight excluding hydrogens is 360 g/mol. The van der Waals surface area contributed by atoms with E-state index >= 15 is 0 Å². The molecule has 0 amide bonds. The average Bonchev–Trinajstić information content (AvgIpc) is 2.63. The quantitative estimate of drug-likeness (QED) is 0.279. The van der Waals surface area contributed by atoms with Crippen LogP contribution in [-0.2, 0) is 0 Å². The summed E-state index contributed by atoms with van der Waals surface area (Å²) in [4.78, 5) is 0. The van der Waals surface area contributed by atoms with Crippen LogP contribution in [0, 0.1) is 11.5 Å². The van der Waals surface area contributed by atoms with Gasteiger partial charge in [0.1, 0.15) is 0 Å². The third-order valence-corrected chi connectivity index (χ3v) is 9.08. The van der Waals surface area contributed by atoms with Gasteiger partial charge in [-0.3, -0.25) is 0 Å². The summed E-state index contributed by atoms with van der Waals surface area (Å²) in [6.45, 7) is 2.23. The minimum atomic E-state index is -2.01. The molecule has 0 aromatic heterocycles. The molecule has 0 radical (unpaired) electrons. The molecular formula is C21H25BrSi. The molecule has 0 fully saturated rings. The highest BCUT2D eigenvalue weighted by atomic mass is 79.9. The Bertz CT molecular complexity index is 586. The molecule has 0 aliphatic heterocycles. The van der Waals surface area contributed by atoms with Gasteiger partial charge in [0, 0.05) is 11.8 Å². The van der Waals surface area contributed by atoms with Gasteiger partial charge in [0.25, 0.3) is 0 Å². The largest absolute Gasteiger partial charge is 0.199 e. The van der Waals surface area contributed by atoms with Crippen molar-refractivity contribution < 1.29 is 0 Å². The average molecular weight is 385 g/mol. The second kappa shape index (κ2) is 9.75. The summed E-state index contributed by atoms with van der Waals surface area (Å²) >= 11 is 3.61. The lowest BCUT2D eigenvalue weighted by atomic mass is 10.3. The van der Waals surface area contributed by atoms with Crippen LogP contribution in [0.15, 0.2) is 60.7 Å². The van der Waals surface area contributed by atoms with Crippen LogP contribution in [0.25, 0.3) is 0 Å². The van der Waals surface area contributed by atoms with Crippen molar-refractivity contribution in [1.29, 1.82) is 0 Å². The maximum Gasteiger partial charge on any atom is 0.199 e. The van der Waals surface area contributed by atoms with Crippen molar-refractivity contribution in [2.24, 2.45) is 0 Å². The highest BCUT2D eigenvalue weighted by Crippen LogP contribution is 2.15. The monoisotopic (exact) mass is 384 g/mol. The van der Waals surface area contributed by atoms with Crippen LogP contribution in [0.4, 0.5) is 0 Å². The van der Waals surface area contributed by atoms with Crippen LogP contribution in [0.1, 0.15) is 32.6 Å². The first kappa shape index (κ1) is 18.0. The summed E-state index contributed by atoms with van der Waals surface area (Å²) in [7, 11) is -2.01. The van der Waals surface area contributed by atoms with Crippen molar-refractivity contribution in [3.8, 4) is 11.5 Å². The molecule has 0 aliphatic carbocycles. The summed E-state index contributed by atoms with van der Waals surface area (Å²) in [6.07, 6.45) is 4.58. The van der Waals surface area contributed by atoms with Gasteiger partial charge in [-0.25, -0.2) is 0 Å². The van der Waals surface area contributed by atoms with Gasteiger partial charge in [0.2, 0.25) is 0 Å². The first-order valence-electron chi connectivity index (χ1n) is 8.50. The Balaban J connectivity index is 2.50. The van der Waals surface area contributed by atoms with E-state index < -0.39 is 8.07 Å². The number of halogens is 1. The summed E-state index contributed by atoms with van der Waals surface area (Å²) in [5.74, 6) is 3.53. The van der Waals surface area contributed by atoms with E-state index in [1.165, 1.54) is 35.7 Å². The molecule has 2 aromatic rings. The molecule has 0 bridgehead atoms. The van der Waals surface area contributed by atoms with Gasteiger partial charge in [0.05, 0.1) is 0 Å². The van der Waals surface area contributed by atoms with Gasteiger partial charge in [0.15, 0.2) is 8.07 Å². The fourth-order valence-electron chi connectivity index (χ4n) is 2.92. The fraction of sp³-hybridized carbons (Fsp3) is 0.333. The third kappa shape index (κ3) is 4.83. The molecule has 0 atom stereocenters. The Hall–Kier alpha value is -1.30. The zero-order valence-corrected chi connectivity index (χ0v) is 16.5. The Morgan fingerprint density at radius 2 is 1.43 bits per heavy atom. The van der Waals surface area contributed by atoms with Crippen LogP contribution in [0.5, 0.6) is 0 Å². The molecule has 0 unspecified atom stereocenters. The van der Waals surface area contributed by atoms with Crippen LogP contribution in [0.2, 0.25) is 6.04 Å². The molecule has 2 aromatic carbocycles. The first-order valence-corrected chi connectivity index (χ1v) is 11.8. The first-order chi connectivity index (χ1) is 11.3. The SMILES string of the molecule is CCCCC#C[Si](CCCBr)(c1ccccc1)c1ccccc1. The van der Waals surface area contributed by atoms with E-state index in [0.29, 0.717) is 0 Å². The van der Waals surface area contributed by atoms with E-state index in [1.807, 2.05) is 0 Å². The van der Waals surface area contributed by atoms with Crippen molar-refractivity contribution in [3.63, 3.8) is 0 Å². The van der Waals surface area contributed by atoms with Crippen LogP contribution < -0.4 is 10.4 Å². The number of alkyl halides is 1. The number of rotatable bonds is 7. The van der Waals surface area contributed by atoms with Crippen LogP contribution in [0.3, 0.4) is 0 Å². The second-order valence-corrected chi connectivity index (χ2v) is 10.3. The second-order valence-electron chi connectivity index (χ2n) is 5.84. The van der Waals surface area contributed by atoms with Gasteiger partial charge in [-0.15, -0.1) is 11.5 Å². The smallest absolute Gasteiger partial charge is 0.120 e. The molecule has 0 saturated carbocycles. The van der Waals surface area contributed by atoms with E-state index in [0.717, 1.165) is 11.8 Å². The highest BCUT2D eigenvalue weighted by Gasteiger charge is 2.35. The predicted octanol–water partition coefficient (Wildman–Crippen LogP) is 4.77. The lowest BCUT2D eigenvalue weighted by Crippen LogP contribution is -2.57. The van der Waals surface area contributed by atoms with E-state index in [-0.39, 0.29) is 0 Å². The van der Waals surface area contributed by atoms with Crippen molar-refractivity contribution in [2.45, 2.75) is 38.7 Å². The Labute approximate surface area is 150 Å². The predicted molar refractivity (Wildman–Crippen MR) is 108 cm³/mol. The van der Waals surface area contributed by atoms with E-state index in [1.54, 1.807) is 0 Å². The topological polar surface area (TPSA) is 0 Å². The van der Waals surface area contributed by atoms with Gasteiger partial charge in [-0.05, 0) is 29.3 Å². The third-order valence-electron chi connectivity index (χ3n) is 4.18. The molecule has 0 spiro atoms. The number of hydrogen-bond donors (Lipinski definition) is 0. The van der Waals surface area contributed by atoms with E-state index in [2.05, 4.69) is 95.0 Å². The summed E-state index contributed by atoms with van der Waals surface area (Å²) < 4.78 is 0. The number of unbranched alkanes of at least 4 members (excludes halogenated alkanes) is 2. The molecule has 0 saturated heterocycles. The molecule has 23 heavy (non-hydrogen) atoms. The minimum Gasteiger partial charge on any atom is -0.120 e. The Morgan fingerprint density at radius 3 is 1.91 bits per heavy atom. The molecule has 0 aliphatic rings. The molecule has 2 heteroatoms. The van der Waals surface area contributed by atoms with Crippen LogP contribution in [-0.4, -0.2) is 13.4 Å².